The van der Waals surface area contributed by atoms with Crippen LogP contribution < -0.4 is 10.6 Å². The predicted octanol–water partition coefficient (Wildman–Crippen LogP) is 1.97. The van der Waals surface area contributed by atoms with Gasteiger partial charge in [0.25, 0.3) is 0 Å². The Morgan fingerprint density at radius 2 is 2.04 bits per heavy atom. The van der Waals surface area contributed by atoms with Crippen LogP contribution in [0.1, 0.15) is 16.0 Å². The first-order valence-corrected chi connectivity index (χ1v) is 9.10. The lowest BCUT2D eigenvalue weighted by molar-refractivity contribution is 0.105. The molecule has 1 aliphatic rings. The summed E-state index contributed by atoms with van der Waals surface area (Å²) < 4.78 is 0. The number of aliphatic hydroxyl groups is 1. The van der Waals surface area contributed by atoms with Gasteiger partial charge in [0.2, 0.25) is 0 Å². The third kappa shape index (κ3) is 4.80. The molecule has 0 saturated heterocycles. The Bertz CT molecular complexity index is 660. The van der Waals surface area contributed by atoms with Gasteiger partial charge in [-0.05, 0) is 29.0 Å². The van der Waals surface area contributed by atoms with Crippen LogP contribution in [0.15, 0.2) is 41.8 Å². The van der Waals surface area contributed by atoms with Crippen LogP contribution in [-0.4, -0.2) is 41.8 Å². The number of benzene rings is 1. The number of carbonyl (C=O) groups excluding carboxylic acids is 1. The van der Waals surface area contributed by atoms with Crippen LogP contribution in [0.25, 0.3) is 0 Å². The van der Waals surface area contributed by atoms with E-state index in [-0.39, 0.29) is 12.6 Å². The first kappa shape index (κ1) is 17.0. The maximum absolute atomic E-state index is 11.8. The molecule has 0 bridgehead atoms. The molecule has 2 aromatic rings. The van der Waals surface area contributed by atoms with Gasteiger partial charge in [-0.25, -0.2) is 4.79 Å². The van der Waals surface area contributed by atoms with E-state index in [9.17, 15) is 9.90 Å². The summed E-state index contributed by atoms with van der Waals surface area (Å²) >= 11 is 1.61. The van der Waals surface area contributed by atoms with Crippen molar-refractivity contribution in [3.05, 3.63) is 57.8 Å². The summed E-state index contributed by atoms with van der Waals surface area (Å²) in [7, 11) is 0. The number of aliphatic hydroxyl groups excluding tert-OH is 1. The van der Waals surface area contributed by atoms with Crippen molar-refractivity contribution >= 4 is 17.4 Å². The van der Waals surface area contributed by atoms with Crippen LogP contribution in [0.3, 0.4) is 0 Å². The lowest BCUT2D eigenvalue weighted by atomic mass is 10.00. The van der Waals surface area contributed by atoms with Gasteiger partial charge in [-0.15, -0.1) is 11.3 Å². The molecule has 1 atom stereocenters. The molecule has 24 heavy (non-hydrogen) atoms. The molecule has 3 N–H and O–H groups in total. The van der Waals surface area contributed by atoms with Crippen molar-refractivity contribution in [1.82, 2.24) is 15.5 Å². The van der Waals surface area contributed by atoms with E-state index < -0.39 is 6.10 Å². The van der Waals surface area contributed by atoms with Crippen molar-refractivity contribution in [2.45, 2.75) is 25.6 Å². The van der Waals surface area contributed by atoms with Crippen LogP contribution in [0.4, 0.5) is 4.79 Å². The Kier molecular flexibility index (Phi) is 5.85. The van der Waals surface area contributed by atoms with Crippen LogP contribution in [-0.2, 0) is 19.5 Å². The fraction of sp³-hybridized carbons (Fsp3) is 0.389. The number of nitrogens with zero attached hydrogens (tertiary/aromatic N) is 1. The number of amides is 2. The van der Waals surface area contributed by atoms with Crippen molar-refractivity contribution in [1.29, 1.82) is 0 Å². The normalized spacial score (nSPS) is 15.5. The Morgan fingerprint density at radius 1 is 1.21 bits per heavy atom. The maximum atomic E-state index is 11.8. The number of carbonyl (C=O) groups is 1. The number of thiophene rings is 1. The molecule has 3 rings (SSSR count). The number of hydrogen-bond acceptors (Lipinski definition) is 4. The zero-order chi connectivity index (χ0) is 16.8. The number of hydrogen-bond donors (Lipinski definition) is 3. The monoisotopic (exact) mass is 345 g/mol. The van der Waals surface area contributed by atoms with Crippen molar-refractivity contribution in [3.8, 4) is 0 Å². The molecular weight excluding hydrogens is 322 g/mol. The highest BCUT2D eigenvalue weighted by molar-refractivity contribution is 7.09. The summed E-state index contributed by atoms with van der Waals surface area (Å²) in [5, 5.41) is 17.7. The second-order valence-corrected chi connectivity index (χ2v) is 7.08. The molecule has 0 fully saturated rings. The summed E-state index contributed by atoms with van der Waals surface area (Å²) in [5.41, 5.74) is 2.73. The Labute approximate surface area is 146 Å². The van der Waals surface area contributed by atoms with Gasteiger partial charge in [-0.1, -0.05) is 30.3 Å². The lowest BCUT2D eigenvalue weighted by Crippen LogP contribution is -2.44. The van der Waals surface area contributed by atoms with Crippen LogP contribution in [0.2, 0.25) is 0 Å². The summed E-state index contributed by atoms with van der Waals surface area (Å²) in [6, 6.07) is 12.1. The quantitative estimate of drug-likeness (QED) is 0.750. The zero-order valence-electron chi connectivity index (χ0n) is 13.6. The third-order valence-electron chi connectivity index (χ3n) is 4.18. The molecule has 2 amide bonds. The number of fused-ring (bicyclic) bond motifs is 1. The van der Waals surface area contributed by atoms with Crippen molar-refractivity contribution in [2.75, 3.05) is 19.6 Å². The van der Waals surface area contributed by atoms with Gasteiger partial charge >= 0.3 is 6.03 Å². The minimum absolute atomic E-state index is 0.244. The number of β-amino-alcohol motifs (C(OH)–C–C–N with tert-alkyl or cyclic N) is 1. The Morgan fingerprint density at radius 3 is 2.83 bits per heavy atom. The highest BCUT2D eigenvalue weighted by Crippen LogP contribution is 2.18. The van der Waals surface area contributed by atoms with E-state index in [1.807, 2.05) is 17.5 Å². The van der Waals surface area contributed by atoms with Gasteiger partial charge < -0.3 is 15.7 Å². The van der Waals surface area contributed by atoms with Crippen molar-refractivity contribution in [3.63, 3.8) is 0 Å². The van der Waals surface area contributed by atoms with E-state index in [4.69, 9.17) is 0 Å². The largest absolute Gasteiger partial charge is 0.390 e. The molecule has 0 spiro atoms. The number of rotatable bonds is 6. The molecule has 1 aliphatic heterocycles. The summed E-state index contributed by atoms with van der Waals surface area (Å²) in [4.78, 5) is 15.1. The van der Waals surface area contributed by atoms with Crippen molar-refractivity contribution < 1.29 is 9.90 Å². The standard InChI is InChI=1S/C18H23N3O2S/c22-16(10-19-18(23)20-11-17-6-3-9-24-17)13-21-8-7-14-4-1-2-5-15(14)12-21/h1-6,9,16,22H,7-8,10-13H2,(H2,19,20,23). The lowest BCUT2D eigenvalue weighted by Gasteiger charge is -2.30. The number of urea groups is 1. The first-order chi connectivity index (χ1) is 11.7. The molecular formula is C18H23N3O2S. The fourth-order valence-corrected chi connectivity index (χ4v) is 3.57. The van der Waals surface area contributed by atoms with Gasteiger partial charge in [0.05, 0.1) is 12.6 Å². The van der Waals surface area contributed by atoms with E-state index in [0.29, 0.717) is 13.1 Å². The van der Waals surface area contributed by atoms with Crippen molar-refractivity contribution in [2.24, 2.45) is 0 Å². The topological polar surface area (TPSA) is 64.6 Å². The van der Waals surface area contributed by atoms with E-state index in [0.717, 1.165) is 24.4 Å². The van der Waals surface area contributed by atoms with Gasteiger partial charge in [0.15, 0.2) is 0 Å². The van der Waals surface area contributed by atoms with Crippen LogP contribution in [0.5, 0.6) is 0 Å². The minimum Gasteiger partial charge on any atom is -0.390 e. The molecule has 0 aliphatic carbocycles. The Balaban J connectivity index is 1.37. The molecule has 0 radical (unpaired) electrons. The van der Waals surface area contributed by atoms with Gasteiger partial charge in [0, 0.05) is 31.1 Å². The molecule has 6 heteroatoms. The molecule has 2 heterocycles. The van der Waals surface area contributed by atoms with Gasteiger partial charge in [-0.2, -0.15) is 0 Å². The fourth-order valence-electron chi connectivity index (χ4n) is 2.93. The van der Waals surface area contributed by atoms with E-state index >= 15 is 0 Å². The molecule has 1 aromatic carbocycles. The zero-order valence-corrected chi connectivity index (χ0v) is 14.4. The van der Waals surface area contributed by atoms with E-state index in [1.165, 1.54) is 11.1 Å². The van der Waals surface area contributed by atoms with Crippen LogP contribution >= 0.6 is 11.3 Å². The third-order valence-corrected chi connectivity index (χ3v) is 5.06. The maximum Gasteiger partial charge on any atom is 0.315 e. The summed E-state index contributed by atoms with van der Waals surface area (Å²) in [5.74, 6) is 0. The number of nitrogens with one attached hydrogen (secondary N) is 2. The second-order valence-electron chi connectivity index (χ2n) is 6.05. The van der Waals surface area contributed by atoms with Crippen LogP contribution in [0, 0.1) is 0 Å². The predicted molar refractivity (Wildman–Crippen MR) is 96.0 cm³/mol. The average Bonchev–Trinajstić information content (AvgIpc) is 3.11. The van der Waals surface area contributed by atoms with E-state index in [2.05, 4.69) is 39.8 Å². The molecule has 5 nitrogen and oxygen atoms in total. The van der Waals surface area contributed by atoms with Gasteiger partial charge in [0.1, 0.15) is 0 Å². The highest BCUT2D eigenvalue weighted by atomic mass is 32.1. The SMILES string of the molecule is O=C(NCc1cccs1)NCC(O)CN1CCc2ccccc2C1. The van der Waals surface area contributed by atoms with Gasteiger partial charge in [-0.3, -0.25) is 4.90 Å². The molecule has 128 valence electrons. The molecule has 0 saturated carbocycles. The Hall–Kier alpha value is -1.89. The second kappa shape index (κ2) is 8.28. The minimum atomic E-state index is -0.567. The summed E-state index contributed by atoms with van der Waals surface area (Å²) in [6.07, 6.45) is 0.445. The summed E-state index contributed by atoms with van der Waals surface area (Å²) in [6.45, 7) is 3.15. The first-order valence-electron chi connectivity index (χ1n) is 8.22. The average molecular weight is 345 g/mol. The van der Waals surface area contributed by atoms with E-state index in [1.54, 1.807) is 11.3 Å². The molecule has 1 aromatic heterocycles. The highest BCUT2D eigenvalue weighted by Gasteiger charge is 2.18. The molecule has 1 unspecified atom stereocenters. The smallest absolute Gasteiger partial charge is 0.315 e.